The highest BCUT2D eigenvalue weighted by molar-refractivity contribution is 9.10. The fourth-order valence-corrected chi connectivity index (χ4v) is 2.62. The lowest BCUT2D eigenvalue weighted by Gasteiger charge is -2.12. The van der Waals surface area contributed by atoms with Crippen LogP contribution >= 0.6 is 28.1 Å². The van der Waals surface area contributed by atoms with Gasteiger partial charge in [0.2, 0.25) is 0 Å². The molecule has 0 amide bonds. The molecule has 0 fully saturated rings. The third-order valence-corrected chi connectivity index (χ3v) is 3.42. The quantitative estimate of drug-likeness (QED) is 0.648. The van der Waals surface area contributed by atoms with Crippen molar-refractivity contribution >= 4 is 39.2 Å². The van der Waals surface area contributed by atoms with Crippen LogP contribution in [0.2, 0.25) is 0 Å². The van der Waals surface area contributed by atoms with Crippen molar-refractivity contribution in [1.29, 1.82) is 0 Å². The summed E-state index contributed by atoms with van der Waals surface area (Å²) in [6.07, 6.45) is 2.83. The Morgan fingerprint density at radius 1 is 1.62 bits per heavy atom. The first-order chi connectivity index (χ1) is 7.63. The van der Waals surface area contributed by atoms with Gasteiger partial charge in [-0.1, -0.05) is 22.0 Å². The molecule has 1 N–H and O–H groups in total. The average Bonchev–Trinajstić information content (AvgIpc) is 2.53. The number of rotatable bonds is 3. The largest absolute Gasteiger partial charge is 0.331 e. The van der Waals surface area contributed by atoms with Gasteiger partial charge in [0.25, 0.3) is 0 Å². The molecule has 2 aromatic rings. The molecule has 0 radical (unpaired) electrons. The molecule has 0 bridgehead atoms. The number of halogens is 1. The Hall–Kier alpha value is -0.870. The Labute approximate surface area is 108 Å². The summed E-state index contributed by atoms with van der Waals surface area (Å²) in [5, 5.41) is 0. The lowest BCUT2D eigenvalue weighted by Crippen LogP contribution is -2.03. The first-order valence-electron chi connectivity index (χ1n) is 5.14. The molecule has 4 heteroatoms. The summed E-state index contributed by atoms with van der Waals surface area (Å²) >= 11 is 8.83. The Morgan fingerprint density at radius 2 is 2.38 bits per heavy atom. The number of hydrogen-bond donors (Lipinski definition) is 1. The highest BCUT2D eigenvalue weighted by atomic mass is 79.9. The highest BCUT2D eigenvalue weighted by Crippen LogP contribution is 2.24. The summed E-state index contributed by atoms with van der Waals surface area (Å²) in [6, 6.07) is 6.46. The number of imidazole rings is 1. The summed E-state index contributed by atoms with van der Waals surface area (Å²) in [6.45, 7) is 5.92. The second-order valence-corrected chi connectivity index (χ2v) is 5.14. The van der Waals surface area contributed by atoms with E-state index < -0.39 is 0 Å². The van der Waals surface area contributed by atoms with Crippen molar-refractivity contribution in [2.45, 2.75) is 19.4 Å². The summed E-state index contributed by atoms with van der Waals surface area (Å²) in [5.41, 5.74) is 2.21. The normalized spacial score (nSPS) is 12.9. The lowest BCUT2D eigenvalue weighted by molar-refractivity contribution is 0.563. The lowest BCUT2D eigenvalue weighted by atomic mass is 10.2. The molecule has 16 heavy (non-hydrogen) atoms. The van der Waals surface area contributed by atoms with E-state index in [1.54, 1.807) is 0 Å². The molecule has 84 valence electrons. The molecular formula is C12H13BrN2S. The van der Waals surface area contributed by atoms with Crippen molar-refractivity contribution in [3.63, 3.8) is 0 Å². The number of aromatic amines is 1. The van der Waals surface area contributed by atoms with Gasteiger partial charge in [-0.2, -0.15) is 0 Å². The van der Waals surface area contributed by atoms with Crippen LogP contribution in [-0.2, 0) is 0 Å². The van der Waals surface area contributed by atoms with Gasteiger partial charge in [-0.15, -0.1) is 6.58 Å². The molecule has 0 aliphatic rings. The van der Waals surface area contributed by atoms with Gasteiger partial charge < -0.3 is 9.55 Å². The number of nitrogens with zero attached hydrogens (tertiary/aromatic N) is 1. The Morgan fingerprint density at radius 3 is 3.06 bits per heavy atom. The second-order valence-electron chi connectivity index (χ2n) is 3.84. The zero-order valence-corrected chi connectivity index (χ0v) is 11.4. The summed E-state index contributed by atoms with van der Waals surface area (Å²) in [4.78, 5) is 3.22. The molecule has 2 nitrogen and oxygen atoms in total. The Bertz CT molecular complexity index is 582. The van der Waals surface area contributed by atoms with Gasteiger partial charge >= 0.3 is 0 Å². The van der Waals surface area contributed by atoms with E-state index in [1.807, 2.05) is 18.2 Å². The number of benzene rings is 1. The van der Waals surface area contributed by atoms with E-state index in [2.05, 4.69) is 45.1 Å². The molecular weight excluding hydrogens is 284 g/mol. The topological polar surface area (TPSA) is 20.7 Å². The molecule has 1 atom stereocenters. The molecule has 0 saturated carbocycles. The smallest absolute Gasteiger partial charge is 0.178 e. The predicted octanol–water partition coefficient (Wildman–Crippen LogP) is 4.60. The maximum Gasteiger partial charge on any atom is 0.178 e. The SMILES string of the molecule is C=CCC(C)n1c(=S)[nH]c2ccc(Br)cc21. The Kier molecular flexibility index (Phi) is 3.30. The molecule has 0 saturated heterocycles. The van der Waals surface area contributed by atoms with Crippen molar-refractivity contribution < 1.29 is 0 Å². The van der Waals surface area contributed by atoms with Gasteiger partial charge in [-0.25, -0.2) is 0 Å². The minimum atomic E-state index is 0.327. The second kappa shape index (κ2) is 4.55. The third kappa shape index (κ3) is 1.99. The number of hydrogen-bond acceptors (Lipinski definition) is 1. The van der Waals surface area contributed by atoms with Gasteiger partial charge in [0.1, 0.15) is 0 Å². The van der Waals surface area contributed by atoms with Crippen LogP contribution in [0.5, 0.6) is 0 Å². The fraction of sp³-hybridized carbons (Fsp3) is 0.250. The van der Waals surface area contributed by atoms with Crippen molar-refractivity contribution in [3.05, 3.63) is 40.1 Å². The van der Waals surface area contributed by atoms with Gasteiger partial charge in [0.05, 0.1) is 11.0 Å². The minimum Gasteiger partial charge on any atom is -0.331 e. The van der Waals surface area contributed by atoms with Gasteiger partial charge in [0, 0.05) is 10.5 Å². The van der Waals surface area contributed by atoms with Crippen LogP contribution in [0.4, 0.5) is 0 Å². The molecule has 1 heterocycles. The molecule has 1 aromatic heterocycles. The van der Waals surface area contributed by atoms with Gasteiger partial charge in [-0.3, -0.25) is 0 Å². The van der Waals surface area contributed by atoms with E-state index in [1.165, 1.54) is 0 Å². The predicted molar refractivity (Wildman–Crippen MR) is 74.3 cm³/mol. The molecule has 0 aliphatic carbocycles. The molecule has 0 aliphatic heterocycles. The van der Waals surface area contributed by atoms with Crippen molar-refractivity contribution in [2.24, 2.45) is 0 Å². The first-order valence-corrected chi connectivity index (χ1v) is 6.34. The van der Waals surface area contributed by atoms with E-state index >= 15 is 0 Å². The maximum absolute atomic E-state index is 5.34. The third-order valence-electron chi connectivity index (χ3n) is 2.63. The van der Waals surface area contributed by atoms with Crippen LogP contribution in [0.3, 0.4) is 0 Å². The summed E-state index contributed by atoms with van der Waals surface area (Å²) in [5.74, 6) is 0. The minimum absolute atomic E-state index is 0.327. The fourth-order valence-electron chi connectivity index (χ4n) is 1.88. The molecule has 2 rings (SSSR count). The number of aromatic nitrogens is 2. The molecule has 1 aromatic carbocycles. The van der Waals surface area contributed by atoms with Gasteiger partial charge in [-0.05, 0) is 43.8 Å². The number of allylic oxidation sites excluding steroid dienone is 1. The highest BCUT2D eigenvalue weighted by Gasteiger charge is 2.09. The van der Waals surface area contributed by atoms with Crippen LogP contribution in [0.1, 0.15) is 19.4 Å². The van der Waals surface area contributed by atoms with Crippen LogP contribution < -0.4 is 0 Å². The van der Waals surface area contributed by atoms with Gasteiger partial charge in [0.15, 0.2) is 4.77 Å². The number of H-pyrrole nitrogens is 1. The van der Waals surface area contributed by atoms with Crippen LogP contribution in [0.15, 0.2) is 35.3 Å². The summed E-state index contributed by atoms with van der Waals surface area (Å²) in [7, 11) is 0. The average molecular weight is 297 g/mol. The standard InChI is InChI=1S/C12H13BrN2S/c1-3-4-8(2)15-11-7-9(13)5-6-10(11)14-12(15)16/h3,5-8H,1,4H2,2H3,(H,14,16). The van der Waals surface area contributed by atoms with Crippen molar-refractivity contribution in [1.82, 2.24) is 9.55 Å². The van der Waals surface area contributed by atoms with E-state index in [9.17, 15) is 0 Å². The first kappa shape index (κ1) is 11.6. The van der Waals surface area contributed by atoms with Crippen LogP contribution in [-0.4, -0.2) is 9.55 Å². The van der Waals surface area contributed by atoms with Crippen molar-refractivity contribution in [2.75, 3.05) is 0 Å². The summed E-state index contributed by atoms with van der Waals surface area (Å²) < 4.78 is 3.97. The maximum atomic E-state index is 5.34. The van der Waals surface area contributed by atoms with E-state index in [0.29, 0.717) is 6.04 Å². The van der Waals surface area contributed by atoms with E-state index in [4.69, 9.17) is 12.2 Å². The number of nitrogens with one attached hydrogen (secondary N) is 1. The van der Waals surface area contributed by atoms with Crippen LogP contribution in [0, 0.1) is 4.77 Å². The van der Waals surface area contributed by atoms with Crippen LogP contribution in [0.25, 0.3) is 11.0 Å². The monoisotopic (exact) mass is 296 g/mol. The zero-order valence-electron chi connectivity index (χ0n) is 9.03. The van der Waals surface area contributed by atoms with E-state index in [0.717, 1.165) is 26.7 Å². The van der Waals surface area contributed by atoms with E-state index in [-0.39, 0.29) is 0 Å². The molecule has 1 unspecified atom stereocenters. The number of fused-ring (bicyclic) bond motifs is 1. The molecule has 0 spiro atoms. The Balaban J connectivity index is 2.67. The zero-order chi connectivity index (χ0) is 11.7. The van der Waals surface area contributed by atoms with Crippen molar-refractivity contribution in [3.8, 4) is 0 Å².